The Morgan fingerprint density at radius 2 is 2.03 bits per heavy atom. The minimum atomic E-state index is -1.15. The van der Waals surface area contributed by atoms with Crippen LogP contribution in [0.2, 0.25) is 0 Å². The highest BCUT2D eigenvalue weighted by Crippen LogP contribution is 2.38. The summed E-state index contributed by atoms with van der Waals surface area (Å²) < 4.78 is 16.6. The fourth-order valence-corrected chi connectivity index (χ4v) is 4.85. The van der Waals surface area contributed by atoms with E-state index in [4.69, 9.17) is 14.2 Å². The van der Waals surface area contributed by atoms with Gasteiger partial charge in [0.1, 0.15) is 29.8 Å². The molecule has 4 heterocycles. The summed E-state index contributed by atoms with van der Waals surface area (Å²) in [6.07, 6.45) is 5.14. The molecule has 11 nitrogen and oxygen atoms in total. The minimum absolute atomic E-state index is 0.0159. The van der Waals surface area contributed by atoms with Gasteiger partial charge < -0.3 is 24.4 Å². The molecule has 2 aromatic rings. The number of carbonyl (C=O) groups excluding carboxylic acids is 4. The Bertz CT molecular complexity index is 1380. The minimum Gasteiger partial charge on any atom is -0.497 e. The van der Waals surface area contributed by atoms with Gasteiger partial charge in [-0.1, -0.05) is 12.1 Å². The van der Waals surface area contributed by atoms with Crippen molar-refractivity contribution >= 4 is 29.9 Å². The second-order valence-corrected chi connectivity index (χ2v) is 10.9. The van der Waals surface area contributed by atoms with Crippen LogP contribution in [-0.2, 0) is 20.9 Å². The Kier molecular flexibility index (Phi) is 6.53. The van der Waals surface area contributed by atoms with E-state index >= 15 is 0 Å². The summed E-state index contributed by atoms with van der Waals surface area (Å²) in [4.78, 5) is 59.1. The van der Waals surface area contributed by atoms with Crippen molar-refractivity contribution in [3.8, 4) is 11.5 Å². The fraction of sp³-hybridized carbons (Fsp3) is 0.393. The van der Waals surface area contributed by atoms with Crippen LogP contribution in [-0.4, -0.2) is 71.6 Å². The highest BCUT2D eigenvalue weighted by atomic mass is 16.5. The van der Waals surface area contributed by atoms with E-state index < -0.39 is 41.5 Å². The molecular weight excluding hydrogens is 504 g/mol. The smallest absolute Gasteiger partial charge is 0.327 e. The molecule has 3 aliphatic rings. The van der Waals surface area contributed by atoms with Gasteiger partial charge in [-0.15, -0.1) is 0 Å². The number of carbonyl (C=O) groups is 4. The van der Waals surface area contributed by atoms with Crippen LogP contribution in [0, 0.1) is 10.8 Å². The average molecular weight is 535 g/mol. The molecule has 1 aromatic carbocycles. The van der Waals surface area contributed by atoms with Crippen molar-refractivity contribution in [3.05, 3.63) is 59.4 Å². The molecule has 5 rings (SSSR count). The molecule has 2 atom stereocenters. The lowest BCUT2D eigenvalue weighted by atomic mass is 9.79. The number of rotatable bonds is 6. The van der Waals surface area contributed by atoms with Gasteiger partial charge in [0.05, 0.1) is 17.9 Å². The quantitative estimate of drug-likeness (QED) is 0.443. The van der Waals surface area contributed by atoms with E-state index in [2.05, 4.69) is 10.3 Å². The Balaban J connectivity index is 1.45. The van der Waals surface area contributed by atoms with Crippen molar-refractivity contribution in [2.24, 2.45) is 10.8 Å². The lowest BCUT2D eigenvalue weighted by molar-refractivity contribution is -0.158. The van der Waals surface area contributed by atoms with E-state index in [1.54, 1.807) is 68.3 Å². The number of ether oxygens (including phenoxy) is 3. The Morgan fingerprint density at radius 3 is 2.77 bits per heavy atom. The highest BCUT2D eigenvalue weighted by molar-refractivity contribution is 6.05. The first-order chi connectivity index (χ1) is 18.5. The number of urea groups is 1. The molecule has 1 unspecified atom stereocenters. The van der Waals surface area contributed by atoms with Crippen LogP contribution in [0.4, 0.5) is 4.79 Å². The zero-order valence-corrected chi connectivity index (χ0v) is 22.2. The van der Waals surface area contributed by atoms with Crippen LogP contribution in [0.1, 0.15) is 42.4 Å². The number of pyridine rings is 1. The van der Waals surface area contributed by atoms with E-state index in [0.717, 1.165) is 10.5 Å². The number of fused-ring (bicyclic) bond motifs is 2. The molecule has 1 aromatic heterocycles. The van der Waals surface area contributed by atoms with Gasteiger partial charge in [-0.2, -0.15) is 0 Å². The maximum atomic E-state index is 13.7. The molecule has 11 heteroatoms. The molecule has 0 saturated carbocycles. The third-order valence-corrected chi connectivity index (χ3v) is 7.09. The molecule has 0 radical (unpaired) electrons. The summed E-state index contributed by atoms with van der Waals surface area (Å²) >= 11 is 0. The Morgan fingerprint density at radius 1 is 1.23 bits per heavy atom. The first-order valence-corrected chi connectivity index (χ1v) is 12.5. The lowest BCUT2D eigenvalue weighted by Gasteiger charge is -2.37. The standard InChI is InChI=1S/C28H30N4O7/c1-27(2,3)25(35)39-16-32-24(34)22(30-26(32)36)28(10-9-20-21(38-15-28)6-5-11-29-20)14-31-13-17-7-8-18(37-4)12-19(17)23(31)33/h5-12,22H,13-16H2,1-4H3,(H,30,36)/t22-,28?/m1/s1. The number of amides is 4. The molecule has 204 valence electrons. The molecule has 1 N–H and O–H groups in total. The molecular formula is C28H30N4O7. The van der Waals surface area contributed by atoms with Gasteiger partial charge in [0.15, 0.2) is 6.73 Å². The molecule has 4 amide bonds. The van der Waals surface area contributed by atoms with Gasteiger partial charge in [0, 0.05) is 24.8 Å². The first-order valence-electron chi connectivity index (χ1n) is 12.5. The molecule has 0 spiro atoms. The number of benzene rings is 1. The van der Waals surface area contributed by atoms with Crippen molar-refractivity contribution in [2.75, 3.05) is 27.0 Å². The van der Waals surface area contributed by atoms with Gasteiger partial charge in [0.2, 0.25) is 0 Å². The Hall–Kier alpha value is -4.41. The SMILES string of the molecule is COc1ccc2c(c1)C(=O)N(CC1([C@@H]3NC(=O)N(COC(=O)C(C)(C)C)C3=O)C=Cc3ncccc3OC1)C2. The monoisotopic (exact) mass is 534 g/mol. The van der Waals surface area contributed by atoms with Crippen molar-refractivity contribution < 1.29 is 33.4 Å². The van der Waals surface area contributed by atoms with Crippen LogP contribution < -0.4 is 14.8 Å². The molecule has 1 fully saturated rings. The zero-order valence-electron chi connectivity index (χ0n) is 22.2. The zero-order chi connectivity index (χ0) is 27.9. The molecule has 0 aliphatic carbocycles. The number of hydrogen-bond donors (Lipinski definition) is 1. The summed E-state index contributed by atoms with van der Waals surface area (Å²) in [5.41, 5.74) is -0.0437. The van der Waals surface area contributed by atoms with Crippen molar-refractivity contribution in [1.29, 1.82) is 0 Å². The molecule has 3 aliphatic heterocycles. The normalized spacial score (nSPS) is 22.2. The van der Waals surface area contributed by atoms with Gasteiger partial charge >= 0.3 is 12.0 Å². The van der Waals surface area contributed by atoms with Crippen LogP contribution in [0.3, 0.4) is 0 Å². The summed E-state index contributed by atoms with van der Waals surface area (Å²) in [5.74, 6) is -0.263. The van der Waals surface area contributed by atoms with Gasteiger partial charge in [0.25, 0.3) is 11.8 Å². The largest absolute Gasteiger partial charge is 0.497 e. The fourth-order valence-electron chi connectivity index (χ4n) is 4.85. The topological polar surface area (TPSA) is 127 Å². The van der Waals surface area contributed by atoms with Crippen LogP contribution in [0.5, 0.6) is 11.5 Å². The third-order valence-electron chi connectivity index (χ3n) is 7.09. The number of aromatic nitrogens is 1. The predicted molar refractivity (Wildman–Crippen MR) is 139 cm³/mol. The third kappa shape index (κ3) is 4.80. The van der Waals surface area contributed by atoms with Gasteiger partial charge in [-0.25, -0.2) is 9.69 Å². The van der Waals surface area contributed by atoms with E-state index in [1.807, 2.05) is 6.07 Å². The number of esters is 1. The van der Waals surface area contributed by atoms with Crippen LogP contribution >= 0.6 is 0 Å². The number of nitrogens with zero attached hydrogens (tertiary/aromatic N) is 3. The number of imide groups is 1. The van der Waals surface area contributed by atoms with Crippen molar-refractivity contribution in [2.45, 2.75) is 33.4 Å². The van der Waals surface area contributed by atoms with E-state index in [1.165, 1.54) is 7.11 Å². The number of methoxy groups -OCH3 is 1. The maximum absolute atomic E-state index is 13.7. The molecule has 0 bridgehead atoms. The molecule has 1 saturated heterocycles. The second kappa shape index (κ2) is 9.72. The number of hydrogen-bond acceptors (Lipinski definition) is 8. The molecule has 39 heavy (non-hydrogen) atoms. The highest BCUT2D eigenvalue weighted by Gasteiger charge is 2.53. The maximum Gasteiger partial charge on any atom is 0.327 e. The van der Waals surface area contributed by atoms with E-state index in [9.17, 15) is 19.2 Å². The van der Waals surface area contributed by atoms with Crippen LogP contribution in [0.15, 0.2) is 42.6 Å². The first kappa shape index (κ1) is 26.2. The summed E-state index contributed by atoms with van der Waals surface area (Å²) in [7, 11) is 1.53. The van der Waals surface area contributed by atoms with E-state index in [-0.39, 0.29) is 19.1 Å². The van der Waals surface area contributed by atoms with Gasteiger partial charge in [-0.3, -0.25) is 19.4 Å². The number of nitrogens with one attached hydrogen (secondary N) is 1. The van der Waals surface area contributed by atoms with Crippen LogP contribution in [0.25, 0.3) is 6.08 Å². The van der Waals surface area contributed by atoms with Gasteiger partial charge in [-0.05, 0) is 56.7 Å². The lowest BCUT2D eigenvalue weighted by Crippen LogP contribution is -2.54. The summed E-state index contributed by atoms with van der Waals surface area (Å²) in [5, 5.41) is 2.75. The van der Waals surface area contributed by atoms with Crippen molar-refractivity contribution in [3.63, 3.8) is 0 Å². The summed E-state index contributed by atoms with van der Waals surface area (Å²) in [6, 6.07) is 7.04. The predicted octanol–water partition coefficient (Wildman–Crippen LogP) is 2.61. The van der Waals surface area contributed by atoms with Crippen molar-refractivity contribution in [1.82, 2.24) is 20.1 Å². The Labute approximate surface area is 225 Å². The average Bonchev–Trinajstić information content (AvgIpc) is 3.29. The second-order valence-electron chi connectivity index (χ2n) is 10.9. The summed E-state index contributed by atoms with van der Waals surface area (Å²) in [6.45, 7) is 4.89. The van der Waals surface area contributed by atoms with E-state index in [0.29, 0.717) is 29.3 Å².